The number of carbonyl (C=O) groups is 2. The maximum Gasteiger partial charge on any atom is 0.226 e. The van der Waals surface area contributed by atoms with E-state index in [9.17, 15) is 9.59 Å². The number of likely N-dealkylation sites (tertiary alicyclic amines) is 1. The lowest BCUT2D eigenvalue weighted by Crippen LogP contribution is -2.47. The van der Waals surface area contributed by atoms with Crippen LogP contribution in [0.5, 0.6) is 5.75 Å². The van der Waals surface area contributed by atoms with Gasteiger partial charge in [-0.1, -0.05) is 13.0 Å². The average Bonchev–Trinajstić information content (AvgIpc) is 3.41. The smallest absolute Gasteiger partial charge is 0.226 e. The lowest BCUT2D eigenvalue weighted by molar-refractivity contribution is -0.139. The van der Waals surface area contributed by atoms with Gasteiger partial charge < -0.3 is 14.5 Å². The normalized spacial score (nSPS) is 33.7. The van der Waals surface area contributed by atoms with Crippen molar-refractivity contribution in [3.05, 3.63) is 29.3 Å². The van der Waals surface area contributed by atoms with Crippen LogP contribution in [0, 0.1) is 23.2 Å². The Morgan fingerprint density at radius 2 is 2.00 bits per heavy atom. The minimum Gasteiger partial charge on any atom is -0.494 e. The summed E-state index contributed by atoms with van der Waals surface area (Å²) in [4.78, 5) is 31.3. The van der Waals surface area contributed by atoms with Gasteiger partial charge in [0.2, 0.25) is 5.91 Å². The Bertz CT molecular complexity index is 973. The lowest BCUT2D eigenvalue weighted by atomic mass is 9.54. The van der Waals surface area contributed by atoms with Crippen LogP contribution in [0.15, 0.2) is 18.2 Å². The van der Waals surface area contributed by atoms with E-state index in [2.05, 4.69) is 36.9 Å². The highest BCUT2D eigenvalue weighted by Gasteiger charge is 2.60. The van der Waals surface area contributed by atoms with E-state index in [4.69, 9.17) is 4.74 Å². The first-order chi connectivity index (χ1) is 17.4. The number of amides is 1. The molecule has 36 heavy (non-hydrogen) atoms. The third-order valence-electron chi connectivity index (χ3n) is 10.4. The van der Waals surface area contributed by atoms with Gasteiger partial charge in [-0.25, -0.2) is 0 Å². The molecule has 0 bridgehead atoms. The standard InChI is InChI=1S/C31H46N2O3/c1-5-32(6-2)30(35)27-20-28(34)31(4)15-14-25-24-13-11-23(19-22(24)10-12-26(25)29(27)31)36-18-8-17-33-16-7-9-21(33)3/h11,13,19,21,25-27,29H,5-10,12,14-18,20H2,1-4H3/t21-,25+,26+,27+,29+,31+/m0/s1. The molecule has 0 unspecified atom stereocenters. The van der Waals surface area contributed by atoms with Crippen LogP contribution in [0.2, 0.25) is 0 Å². The molecule has 1 heterocycles. The van der Waals surface area contributed by atoms with Crippen molar-refractivity contribution in [2.75, 3.05) is 32.8 Å². The number of aryl methyl sites for hydroxylation is 1. The Morgan fingerprint density at radius 3 is 2.72 bits per heavy atom. The maximum absolute atomic E-state index is 13.5. The van der Waals surface area contributed by atoms with Crippen LogP contribution < -0.4 is 4.74 Å². The molecule has 5 rings (SSSR count). The highest BCUT2D eigenvalue weighted by Crippen LogP contribution is 2.61. The fraction of sp³-hybridized carbons (Fsp3) is 0.742. The molecule has 5 heteroatoms. The van der Waals surface area contributed by atoms with E-state index in [-0.39, 0.29) is 23.2 Å². The molecule has 1 aliphatic heterocycles. The SMILES string of the molecule is CCN(CC)C(=O)[C@@H]1CC(=O)[C@@]2(C)CC[C@@H]3c4ccc(OCCCN5CCC[C@@H]5C)cc4CC[C@H]3[C@H]12. The topological polar surface area (TPSA) is 49.9 Å². The molecule has 3 fully saturated rings. The number of hydrogen-bond donors (Lipinski definition) is 0. The van der Waals surface area contributed by atoms with E-state index in [1.165, 1.54) is 30.5 Å². The first-order valence-corrected chi connectivity index (χ1v) is 14.7. The van der Waals surface area contributed by atoms with Gasteiger partial charge in [-0.3, -0.25) is 9.59 Å². The number of hydrogen-bond acceptors (Lipinski definition) is 4. The van der Waals surface area contributed by atoms with Crippen molar-refractivity contribution in [1.82, 2.24) is 9.80 Å². The minimum absolute atomic E-state index is 0.141. The Kier molecular flexibility index (Phi) is 7.49. The maximum atomic E-state index is 13.5. The van der Waals surface area contributed by atoms with Gasteiger partial charge >= 0.3 is 0 Å². The van der Waals surface area contributed by atoms with Crippen molar-refractivity contribution in [2.45, 2.75) is 91.0 Å². The molecule has 1 amide bonds. The van der Waals surface area contributed by atoms with E-state index < -0.39 is 0 Å². The van der Waals surface area contributed by atoms with Crippen molar-refractivity contribution in [2.24, 2.45) is 23.2 Å². The molecule has 1 aromatic rings. The summed E-state index contributed by atoms with van der Waals surface area (Å²) in [6.07, 6.45) is 8.22. The number of carbonyl (C=O) groups excluding carboxylic acids is 2. The fourth-order valence-electron chi connectivity index (χ4n) is 8.32. The number of benzene rings is 1. The van der Waals surface area contributed by atoms with Crippen molar-refractivity contribution in [3.8, 4) is 5.75 Å². The van der Waals surface area contributed by atoms with Gasteiger partial charge in [0, 0.05) is 43.4 Å². The summed E-state index contributed by atoms with van der Waals surface area (Å²) in [5, 5.41) is 0. The number of ketones is 1. The van der Waals surface area contributed by atoms with Gasteiger partial charge in [0.25, 0.3) is 0 Å². The van der Waals surface area contributed by atoms with Gasteiger partial charge in [-0.05, 0) is 113 Å². The average molecular weight is 495 g/mol. The number of Topliss-reactive ketones (excluding diaryl/α,β-unsaturated/α-hetero) is 1. The number of ether oxygens (including phenoxy) is 1. The summed E-state index contributed by atoms with van der Waals surface area (Å²) in [7, 11) is 0. The van der Waals surface area contributed by atoms with Crippen molar-refractivity contribution in [3.63, 3.8) is 0 Å². The quantitative estimate of drug-likeness (QED) is 0.450. The molecule has 1 aromatic carbocycles. The van der Waals surface area contributed by atoms with Crippen molar-refractivity contribution >= 4 is 11.7 Å². The van der Waals surface area contributed by atoms with E-state index in [1.54, 1.807) is 0 Å². The van der Waals surface area contributed by atoms with E-state index in [1.807, 2.05) is 18.7 Å². The Labute approximate surface area is 217 Å². The molecule has 3 aliphatic carbocycles. The molecule has 0 spiro atoms. The monoisotopic (exact) mass is 494 g/mol. The first-order valence-electron chi connectivity index (χ1n) is 14.7. The summed E-state index contributed by atoms with van der Waals surface area (Å²) in [5.41, 5.74) is 2.53. The van der Waals surface area contributed by atoms with E-state index in [0.29, 0.717) is 24.0 Å². The molecule has 5 nitrogen and oxygen atoms in total. The Morgan fingerprint density at radius 1 is 1.19 bits per heavy atom. The summed E-state index contributed by atoms with van der Waals surface area (Å²) in [6.45, 7) is 13.2. The van der Waals surface area contributed by atoms with E-state index in [0.717, 1.165) is 70.1 Å². The number of nitrogens with zero attached hydrogens (tertiary/aromatic N) is 2. The Hall–Kier alpha value is -1.88. The second kappa shape index (κ2) is 10.5. The highest BCUT2D eigenvalue weighted by atomic mass is 16.5. The van der Waals surface area contributed by atoms with Crippen LogP contribution in [0.3, 0.4) is 0 Å². The van der Waals surface area contributed by atoms with Crippen LogP contribution in [-0.4, -0.2) is 60.3 Å². The molecule has 0 N–H and O–H groups in total. The number of fused-ring (bicyclic) bond motifs is 5. The van der Waals surface area contributed by atoms with Gasteiger partial charge in [0.05, 0.1) is 6.61 Å². The zero-order valence-electron chi connectivity index (χ0n) is 22.9. The zero-order chi connectivity index (χ0) is 25.4. The van der Waals surface area contributed by atoms with E-state index >= 15 is 0 Å². The predicted octanol–water partition coefficient (Wildman–Crippen LogP) is 5.46. The lowest BCUT2D eigenvalue weighted by Gasteiger charge is -2.49. The van der Waals surface area contributed by atoms with Crippen molar-refractivity contribution in [1.29, 1.82) is 0 Å². The Balaban J connectivity index is 1.28. The minimum atomic E-state index is -0.331. The third-order valence-corrected chi connectivity index (χ3v) is 10.4. The molecule has 4 aliphatic rings. The molecular formula is C31H46N2O3. The van der Waals surface area contributed by atoms with Gasteiger partial charge in [-0.15, -0.1) is 0 Å². The zero-order valence-corrected chi connectivity index (χ0v) is 22.9. The largest absolute Gasteiger partial charge is 0.494 e. The molecule has 0 radical (unpaired) electrons. The summed E-state index contributed by atoms with van der Waals surface area (Å²) < 4.78 is 6.18. The summed E-state index contributed by atoms with van der Waals surface area (Å²) >= 11 is 0. The molecule has 0 aromatic heterocycles. The van der Waals surface area contributed by atoms with Crippen LogP contribution in [0.4, 0.5) is 0 Å². The molecule has 6 atom stereocenters. The second-order valence-corrected chi connectivity index (χ2v) is 12.1. The molecule has 1 saturated heterocycles. The van der Waals surface area contributed by atoms with Crippen LogP contribution in [0.1, 0.15) is 89.7 Å². The highest BCUT2D eigenvalue weighted by molar-refractivity contribution is 5.94. The first kappa shape index (κ1) is 25.8. The summed E-state index contributed by atoms with van der Waals surface area (Å²) in [5.74, 6) is 2.44. The summed E-state index contributed by atoms with van der Waals surface area (Å²) in [6, 6.07) is 7.45. The molecular weight excluding hydrogens is 448 g/mol. The van der Waals surface area contributed by atoms with Crippen molar-refractivity contribution < 1.29 is 14.3 Å². The molecule has 2 saturated carbocycles. The second-order valence-electron chi connectivity index (χ2n) is 12.1. The molecule has 198 valence electrons. The third kappa shape index (κ3) is 4.50. The van der Waals surface area contributed by atoms with Gasteiger partial charge in [0.1, 0.15) is 11.5 Å². The van der Waals surface area contributed by atoms with Gasteiger partial charge in [-0.2, -0.15) is 0 Å². The van der Waals surface area contributed by atoms with Crippen LogP contribution >= 0.6 is 0 Å². The fourth-order valence-corrected chi connectivity index (χ4v) is 8.32. The van der Waals surface area contributed by atoms with Gasteiger partial charge in [0.15, 0.2) is 0 Å². The van der Waals surface area contributed by atoms with Crippen LogP contribution in [-0.2, 0) is 16.0 Å². The predicted molar refractivity (Wildman–Crippen MR) is 143 cm³/mol. The van der Waals surface area contributed by atoms with Crippen LogP contribution in [0.25, 0.3) is 0 Å². The number of rotatable bonds is 8.